The number of hydrogen-bond donors (Lipinski definition) is 0. The van der Waals surface area contributed by atoms with Crippen molar-refractivity contribution in [2.24, 2.45) is 0 Å². The van der Waals surface area contributed by atoms with Gasteiger partial charge < -0.3 is 4.74 Å². The predicted octanol–water partition coefficient (Wildman–Crippen LogP) is 4.98. The molecule has 0 fully saturated rings. The summed E-state index contributed by atoms with van der Waals surface area (Å²) in [5, 5.41) is 0.761. The van der Waals surface area contributed by atoms with Gasteiger partial charge in [-0.25, -0.2) is 0 Å². The highest BCUT2D eigenvalue weighted by atomic mass is 79.9. The first-order valence-electron chi connectivity index (χ1n) is 5.37. The third kappa shape index (κ3) is 5.15. The molecule has 0 heterocycles. The van der Waals surface area contributed by atoms with Gasteiger partial charge in [-0.1, -0.05) is 39.7 Å². The lowest BCUT2D eigenvalue weighted by atomic mass is 10.2. The summed E-state index contributed by atoms with van der Waals surface area (Å²) in [6.45, 7) is 3.38. The minimum absolute atomic E-state index is 0.577. The highest BCUT2D eigenvalue weighted by Crippen LogP contribution is 2.21. The van der Waals surface area contributed by atoms with E-state index < -0.39 is 0 Å². The molecule has 88 valence electrons. The lowest BCUT2D eigenvalue weighted by Crippen LogP contribution is -1.96. The summed E-state index contributed by atoms with van der Waals surface area (Å²) in [6, 6.07) is 5.80. The quantitative estimate of drug-likeness (QED) is 0.532. The van der Waals surface area contributed by atoms with E-state index in [4.69, 9.17) is 16.3 Å². The molecule has 0 aliphatic carbocycles. The molecule has 0 aliphatic heterocycles. The van der Waals surface area contributed by atoms with Gasteiger partial charge in [-0.3, -0.25) is 0 Å². The average molecular weight is 304 g/mol. The molecular weight excluding hydrogens is 287 g/mol. The molecule has 0 spiro atoms. The molecule has 1 aromatic rings. The first-order valence-corrected chi connectivity index (χ1v) is 6.54. The molecule has 0 aromatic heterocycles. The van der Waals surface area contributed by atoms with Gasteiger partial charge in [0.1, 0.15) is 0 Å². The number of rotatable bonds is 6. The SMILES string of the molecule is C/C=C\CCCOCc1cc(Br)ccc1Cl. The second-order valence-corrected chi connectivity index (χ2v) is 4.82. The largest absolute Gasteiger partial charge is 0.377 e. The summed E-state index contributed by atoms with van der Waals surface area (Å²) < 4.78 is 6.59. The zero-order chi connectivity index (χ0) is 11.8. The van der Waals surface area contributed by atoms with Crippen LogP contribution in [0.5, 0.6) is 0 Å². The molecule has 0 radical (unpaired) electrons. The average Bonchev–Trinajstić information content (AvgIpc) is 2.28. The van der Waals surface area contributed by atoms with E-state index in [0.29, 0.717) is 6.61 Å². The molecule has 0 saturated heterocycles. The van der Waals surface area contributed by atoms with Gasteiger partial charge in [0.2, 0.25) is 0 Å². The minimum atomic E-state index is 0.577. The predicted molar refractivity (Wildman–Crippen MR) is 72.9 cm³/mol. The summed E-state index contributed by atoms with van der Waals surface area (Å²) in [4.78, 5) is 0. The first-order chi connectivity index (χ1) is 7.74. The highest BCUT2D eigenvalue weighted by Gasteiger charge is 2.00. The van der Waals surface area contributed by atoms with Gasteiger partial charge in [-0.15, -0.1) is 0 Å². The van der Waals surface area contributed by atoms with Crippen LogP contribution in [0.25, 0.3) is 0 Å². The maximum atomic E-state index is 6.05. The molecule has 0 amide bonds. The molecule has 3 heteroatoms. The van der Waals surface area contributed by atoms with Gasteiger partial charge in [-0.2, -0.15) is 0 Å². The summed E-state index contributed by atoms with van der Waals surface area (Å²) in [5.41, 5.74) is 1.03. The lowest BCUT2D eigenvalue weighted by Gasteiger charge is -2.06. The standard InChI is InChI=1S/C13H16BrClO/c1-2-3-4-5-8-16-10-11-9-12(14)6-7-13(11)15/h2-3,6-7,9H,4-5,8,10H2,1H3/b3-2-. The molecule has 0 bridgehead atoms. The van der Waals surface area contributed by atoms with E-state index in [9.17, 15) is 0 Å². The molecule has 0 unspecified atom stereocenters. The molecular formula is C13H16BrClO. The van der Waals surface area contributed by atoms with Crippen molar-refractivity contribution in [1.29, 1.82) is 0 Å². The lowest BCUT2D eigenvalue weighted by molar-refractivity contribution is 0.119. The van der Waals surface area contributed by atoms with Gasteiger partial charge in [0, 0.05) is 16.1 Å². The number of hydrogen-bond acceptors (Lipinski definition) is 1. The second kappa shape index (κ2) is 7.88. The zero-order valence-corrected chi connectivity index (χ0v) is 11.7. The van der Waals surface area contributed by atoms with Crippen molar-refractivity contribution in [2.45, 2.75) is 26.4 Å². The van der Waals surface area contributed by atoms with Crippen molar-refractivity contribution in [2.75, 3.05) is 6.61 Å². The van der Waals surface area contributed by atoms with Crippen LogP contribution in [-0.4, -0.2) is 6.61 Å². The van der Waals surface area contributed by atoms with Crippen molar-refractivity contribution in [3.63, 3.8) is 0 Å². The maximum absolute atomic E-state index is 6.05. The molecule has 16 heavy (non-hydrogen) atoms. The van der Waals surface area contributed by atoms with Crippen LogP contribution in [0.2, 0.25) is 5.02 Å². The Balaban J connectivity index is 2.29. The Kier molecular flexibility index (Phi) is 6.78. The van der Waals surface area contributed by atoms with Crippen LogP contribution in [0.3, 0.4) is 0 Å². The third-order valence-electron chi connectivity index (χ3n) is 2.16. The fourth-order valence-electron chi connectivity index (χ4n) is 1.31. The zero-order valence-electron chi connectivity index (χ0n) is 9.38. The summed E-state index contributed by atoms with van der Waals surface area (Å²) in [7, 11) is 0. The van der Waals surface area contributed by atoms with E-state index in [2.05, 4.69) is 28.1 Å². The van der Waals surface area contributed by atoms with Gasteiger partial charge in [0.05, 0.1) is 6.61 Å². The number of benzene rings is 1. The topological polar surface area (TPSA) is 9.23 Å². The van der Waals surface area contributed by atoms with E-state index in [1.165, 1.54) is 0 Å². The number of halogens is 2. The van der Waals surface area contributed by atoms with Crippen LogP contribution >= 0.6 is 27.5 Å². The fraction of sp³-hybridized carbons (Fsp3) is 0.385. The normalized spacial score (nSPS) is 11.2. The van der Waals surface area contributed by atoms with E-state index in [1.54, 1.807) is 0 Å². The van der Waals surface area contributed by atoms with Crippen LogP contribution in [0.1, 0.15) is 25.3 Å². The van der Waals surface area contributed by atoms with Gasteiger partial charge in [-0.05, 0) is 43.5 Å². The highest BCUT2D eigenvalue weighted by molar-refractivity contribution is 9.10. The molecule has 0 aliphatic rings. The van der Waals surface area contributed by atoms with Gasteiger partial charge in [0.15, 0.2) is 0 Å². The number of allylic oxidation sites excluding steroid dienone is 2. The second-order valence-electron chi connectivity index (χ2n) is 3.50. The van der Waals surface area contributed by atoms with Crippen molar-refractivity contribution < 1.29 is 4.74 Å². The number of unbranched alkanes of at least 4 members (excludes halogenated alkanes) is 1. The van der Waals surface area contributed by atoms with Crippen molar-refractivity contribution in [1.82, 2.24) is 0 Å². The molecule has 0 saturated carbocycles. The Bertz CT molecular complexity index is 350. The Labute approximate surface area is 111 Å². The molecule has 0 N–H and O–H groups in total. The van der Waals surface area contributed by atoms with E-state index >= 15 is 0 Å². The van der Waals surface area contributed by atoms with Crippen LogP contribution in [0, 0.1) is 0 Å². The maximum Gasteiger partial charge on any atom is 0.0731 e. The Morgan fingerprint density at radius 1 is 1.44 bits per heavy atom. The number of ether oxygens (including phenoxy) is 1. The minimum Gasteiger partial charge on any atom is -0.377 e. The smallest absolute Gasteiger partial charge is 0.0731 e. The van der Waals surface area contributed by atoms with Gasteiger partial charge in [0.25, 0.3) is 0 Å². The Morgan fingerprint density at radius 3 is 3.00 bits per heavy atom. The molecule has 1 nitrogen and oxygen atoms in total. The van der Waals surface area contributed by atoms with Crippen LogP contribution in [0.15, 0.2) is 34.8 Å². The van der Waals surface area contributed by atoms with Crippen molar-refractivity contribution in [3.8, 4) is 0 Å². The summed E-state index contributed by atoms with van der Waals surface area (Å²) in [5.74, 6) is 0. The van der Waals surface area contributed by atoms with Crippen molar-refractivity contribution in [3.05, 3.63) is 45.4 Å². The van der Waals surface area contributed by atoms with E-state index in [1.807, 2.05) is 25.1 Å². The third-order valence-corrected chi connectivity index (χ3v) is 3.02. The summed E-state index contributed by atoms with van der Waals surface area (Å²) >= 11 is 9.46. The van der Waals surface area contributed by atoms with E-state index in [0.717, 1.165) is 34.5 Å². The molecule has 1 aromatic carbocycles. The summed E-state index contributed by atoms with van der Waals surface area (Å²) in [6.07, 6.45) is 6.33. The molecule has 1 rings (SSSR count). The fourth-order valence-corrected chi connectivity index (χ4v) is 1.89. The van der Waals surface area contributed by atoms with Crippen LogP contribution < -0.4 is 0 Å². The van der Waals surface area contributed by atoms with E-state index in [-0.39, 0.29) is 0 Å². The monoisotopic (exact) mass is 302 g/mol. The van der Waals surface area contributed by atoms with Crippen LogP contribution in [-0.2, 0) is 11.3 Å². The molecule has 0 atom stereocenters. The Hall–Kier alpha value is -0.310. The van der Waals surface area contributed by atoms with Crippen molar-refractivity contribution >= 4 is 27.5 Å². The van der Waals surface area contributed by atoms with Gasteiger partial charge >= 0.3 is 0 Å². The Morgan fingerprint density at radius 2 is 2.25 bits per heavy atom. The first kappa shape index (κ1) is 13.8. The van der Waals surface area contributed by atoms with Crippen LogP contribution in [0.4, 0.5) is 0 Å².